The van der Waals surface area contributed by atoms with E-state index in [1.807, 2.05) is 6.07 Å². The highest BCUT2D eigenvalue weighted by atomic mass is 35.5. The maximum absolute atomic E-state index is 12.9. The molecule has 1 N–H and O–H groups in total. The molecule has 19 heavy (non-hydrogen) atoms. The van der Waals surface area contributed by atoms with E-state index in [9.17, 15) is 4.39 Å². The minimum Gasteiger partial charge on any atom is -0.377 e. The van der Waals surface area contributed by atoms with Crippen molar-refractivity contribution in [2.45, 2.75) is 19.4 Å². The van der Waals surface area contributed by atoms with Crippen molar-refractivity contribution in [3.8, 4) is 0 Å². The molecule has 4 heteroatoms. The van der Waals surface area contributed by atoms with Gasteiger partial charge in [-0.05, 0) is 42.3 Å². The van der Waals surface area contributed by atoms with Gasteiger partial charge in [0, 0.05) is 5.02 Å². The Morgan fingerprint density at radius 3 is 2.37 bits per heavy atom. The molecule has 0 saturated heterocycles. The van der Waals surface area contributed by atoms with Crippen molar-refractivity contribution < 1.29 is 4.39 Å². The first kappa shape index (κ1) is 14.2. The van der Waals surface area contributed by atoms with Crippen LogP contribution in [0.15, 0.2) is 42.5 Å². The Balaban J connectivity index is 2.21. The third-order valence-corrected chi connectivity index (χ3v) is 3.49. The van der Waals surface area contributed by atoms with Crippen molar-refractivity contribution in [3.05, 3.63) is 63.9 Å². The van der Waals surface area contributed by atoms with Gasteiger partial charge in [0.2, 0.25) is 0 Å². The lowest BCUT2D eigenvalue weighted by molar-refractivity contribution is 0.625. The molecule has 0 aromatic heterocycles. The van der Waals surface area contributed by atoms with Crippen molar-refractivity contribution in [3.63, 3.8) is 0 Å². The predicted octanol–water partition coefficient (Wildman–Crippen LogP) is 5.70. The van der Waals surface area contributed by atoms with Crippen molar-refractivity contribution in [1.29, 1.82) is 0 Å². The van der Waals surface area contributed by atoms with Crippen LogP contribution in [0.25, 0.3) is 0 Å². The van der Waals surface area contributed by atoms with Gasteiger partial charge in [-0.25, -0.2) is 4.39 Å². The molecular formula is C15H14Cl2FN. The van der Waals surface area contributed by atoms with E-state index in [2.05, 4.69) is 12.2 Å². The molecule has 2 rings (SSSR count). The lowest BCUT2D eigenvalue weighted by Crippen LogP contribution is -2.10. The van der Waals surface area contributed by atoms with Gasteiger partial charge >= 0.3 is 0 Å². The van der Waals surface area contributed by atoms with Gasteiger partial charge < -0.3 is 5.32 Å². The second-order valence-electron chi connectivity index (χ2n) is 4.28. The van der Waals surface area contributed by atoms with Gasteiger partial charge in [-0.1, -0.05) is 42.3 Å². The Bertz CT molecular complexity index is 555. The lowest BCUT2D eigenvalue weighted by Gasteiger charge is -2.19. The third-order valence-electron chi connectivity index (χ3n) is 2.94. The van der Waals surface area contributed by atoms with Crippen LogP contribution in [0.5, 0.6) is 0 Å². The minimum absolute atomic E-state index is 0.0827. The summed E-state index contributed by atoms with van der Waals surface area (Å²) in [5, 5.41) is 4.53. The number of hydrogen-bond donors (Lipinski definition) is 1. The third kappa shape index (κ3) is 3.62. The molecule has 0 amide bonds. The molecule has 0 saturated carbocycles. The largest absolute Gasteiger partial charge is 0.377 e. The molecule has 2 aromatic rings. The monoisotopic (exact) mass is 297 g/mol. The summed E-state index contributed by atoms with van der Waals surface area (Å²) in [5.74, 6) is -0.233. The van der Waals surface area contributed by atoms with E-state index < -0.39 is 0 Å². The van der Waals surface area contributed by atoms with E-state index in [0.717, 1.165) is 17.7 Å². The van der Waals surface area contributed by atoms with Crippen LogP contribution in [-0.4, -0.2) is 0 Å². The molecule has 0 fully saturated rings. The molecule has 1 atom stereocenters. The number of anilines is 1. The zero-order chi connectivity index (χ0) is 13.8. The minimum atomic E-state index is -0.233. The van der Waals surface area contributed by atoms with Crippen molar-refractivity contribution in [2.24, 2.45) is 0 Å². The van der Waals surface area contributed by atoms with Crippen LogP contribution in [0.4, 0.5) is 10.1 Å². The average Bonchev–Trinajstić information content (AvgIpc) is 2.39. The second kappa shape index (κ2) is 6.27. The van der Waals surface area contributed by atoms with Gasteiger partial charge in [-0.15, -0.1) is 0 Å². The maximum Gasteiger partial charge on any atom is 0.123 e. The van der Waals surface area contributed by atoms with E-state index in [1.165, 1.54) is 12.1 Å². The lowest BCUT2D eigenvalue weighted by atomic mass is 10.0. The van der Waals surface area contributed by atoms with Gasteiger partial charge in [0.25, 0.3) is 0 Å². The summed E-state index contributed by atoms with van der Waals surface area (Å²) in [7, 11) is 0. The molecular weight excluding hydrogens is 284 g/mol. The normalized spacial score (nSPS) is 12.2. The van der Waals surface area contributed by atoms with Gasteiger partial charge in [-0.3, -0.25) is 0 Å². The number of benzene rings is 2. The van der Waals surface area contributed by atoms with Crippen LogP contribution in [0.2, 0.25) is 10.0 Å². The molecule has 1 unspecified atom stereocenters. The highest BCUT2D eigenvalue weighted by molar-refractivity contribution is 6.36. The number of rotatable bonds is 4. The zero-order valence-corrected chi connectivity index (χ0v) is 12.0. The molecule has 0 bridgehead atoms. The maximum atomic E-state index is 12.9. The highest BCUT2D eigenvalue weighted by Crippen LogP contribution is 2.30. The van der Waals surface area contributed by atoms with E-state index >= 15 is 0 Å². The van der Waals surface area contributed by atoms with Gasteiger partial charge in [0.1, 0.15) is 5.82 Å². The van der Waals surface area contributed by atoms with Gasteiger partial charge in [0.15, 0.2) is 0 Å². The summed E-state index contributed by atoms with van der Waals surface area (Å²) < 4.78 is 12.9. The summed E-state index contributed by atoms with van der Waals surface area (Å²) in [6.07, 6.45) is 0.866. The summed E-state index contributed by atoms with van der Waals surface area (Å²) in [5.41, 5.74) is 1.84. The van der Waals surface area contributed by atoms with Crippen LogP contribution in [0.3, 0.4) is 0 Å². The zero-order valence-electron chi connectivity index (χ0n) is 10.5. The molecule has 2 aromatic carbocycles. The van der Waals surface area contributed by atoms with Crippen LogP contribution >= 0.6 is 23.2 Å². The Kier molecular flexibility index (Phi) is 4.67. The summed E-state index contributed by atoms with van der Waals surface area (Å²) in [6, 6.07) is 11.9. The fraction of sp³-hybridized carbons (Fsp3) is 0.200. The average molecular weight is 298 g/mol. The van der Waals surface area contributed by atoms with E-state index in [4.69, 9.17) is 23.2 Å². The molecule has 0 spiro atoms. The molecule has 1 nitrogen and oxygen atoms in total. The number of hydrogen-bond acceptors (Lipinski definition) is 1. The van der Waals surface area contributed by atoms with Gasteiger partial charge in [-0.2, -0.15) is 0 Å². The first-order chi connectivity index (χ1) is 9.10. The predicted molar refractivity (Wildman–Crippen MR) is 79.5 cm³/mol. The number of halogens is 3. The van der Waals surface area contributed by atoms with E-state index in [1.54, 1.807) is 24.3 Å². The summed E-state index contributed by atoms with van der Waals surface area (Å²) in [4.78, 5) is 0. The van der Waals surface area contributed by atoms with Crippen molar-refractivity contribution >= 4 is 28.9 Å². The molecule has 0 heterocycles. The fourth-order valence-corrected chi connectivity index (χ4v) is 2.37. The van der Waals surface area contributed by atoms with E-state index in [-0.39, 0.29) is 11.9 Å². The molecule has 100 valence electrons. The fourth-order valence-electron chi connectivity index (χ4n) is 1.91. The highest BCUT2D eigenvalue weighted by Gasteiger charge is 2.11. The van der Waals surface area contributed by atoms with Crippen molar-refractivity contribution in [1.82, 2.24) is 0 Å². The first-order valence-corrected chi connectivity index (χ1v) is 6.82. The number of nitrogens with one attached hydrogen (secondary N) is 1. The standard InChI is InChI=1S/C15H14Cl2FN/c1-2-14(10-3-6-12(18)7-4-10)19-15-8-5-11(16)9-13(15)17/h3-9,14,19H,2H2,1H3. The quantitative estimate of drug-likeness (QED) is 0.764. The van der Waals surface area contributed by atoms with E-state index in [0.29, 0.717) is 10.0 Å². The van der Waals surface area contributed by atoms with Crippen LogP contribution in [-0.2, 0) is 0 Å². The Labute approximate surface area is 122 Å². The second-order valence-corrected chi connectivity index (χ2v) is 5.12. The summed E-state index contributed by atoms with van der Waals surface area (Å²) in [6.45, 7) is 2.06. The Morgan fingerprint density at radius 1 is 1.11 bits per heavy atom. The molecule has 0 aliphatic heterocycles. The summed E-state index contributed by atoms with van der Waals surface area (Å²) >= 11 is 12.0. The van der Waals surface area contributed by atoms with Gasteiger partial charge in [0.05, 0.1) is 16.8 Å². The molecule has 0 radical (unpaired) electrons. The smallest absolute Gasteiger partial charge is 0.123 e. The topological polar surface area (TPSA) is 12.0 Å². The van der Waals surface area contributed by atoms with Crippen molar-refractivity contribution in [2.75, 3.05) is 5.32 Å². The molecule has 0 aliphatic carbocycles. The van der Waals surface area contributed by atoms with Crippen LogP contribution in [0, 0.1) is 5.82 Å². The Hall–Kier alpha value is -1.25. The van der Waals surface area contributed by atoms with Crippen LogP contribution < -0.4 is 5.32 Å². The SMILES string of the molecule is CCC(Nc1ccc(Cl)cc1Cl)c1ccc(F)cc1. The molecule has 0 aliphatic rings. The first-order valence-electron chi connectivity index (χ1n) is 6.07. The van der Waals surface area contributed by atoms with Crippen LogP contribution in [0.1, 0.15) is 24.9 Å². The Morgan fingerprint density at radius 2 is 1.79 bits per heavy atom.